The molecule has 2 aliphatic heterocycles. The number of amides is 1. The van der Waals surface area contributed by atoms with Crippen molar-refractivity contribution in [1.29, 1.82) is 5.26 Å². The van der Waals surface area contributed by atoms with Gasteiger partial charge in [-0.05, 0) is 50.5 Å². The minimum atomic E-state index is -0.155. The van der Waals surface area contributed by atoms with Crippen LogP contribution in [0.1, 0.15) is 29.7 Å². The zero-order valence-electron chi connectivity index (χ0n) is 17.2. The van der Waals surface area contributed by atoms with Gasteiger partial charge in [-0.25, -0.2) is 0 Å². The molecular weight excluding hydrogens is 402 g/mol. The Hall–Kier alpha value is -2.63. The molecule has 2 aliphatic rings. The van der Waals surface area contributed by atoms with Crippen molar-refractivity contribution < 1.29 is 19.0 Å². The first kappa shape index (κ1) is 20.6. The molecule has 0 bridgehead atoms. The summed E-state index contributed by atoms with van der Waals surface area (Å²) in [5.74, 6) is 2.07. The lowest BCUT2D eigenvalue weighted by molar-refractivity contribution is -0.113. The van der Waals surface area contributed by atoms with Gasteiger partial charge in [0.05, 0.1) is 24.0 Å². The third-order valence-electron chi connectivity index (χ3n) is 5.49. The fourth-order valence-corrected chi connectivity index (χ4v) is 4.51. The average molecular weight is 428 g/mol. The van der Waals surface area contributed by atoms with Crippen LogP contribution in [0.2, 0.25) is 0 Å². The van der Waals surface area contributed by atoms with Crippen LogP contribution in [0.3, 0.4) is 0 Å². The number of aromatic nitrogens is 1. The molecule has 0 aliphatic carbocycles. The maximum atomic E-state index is 12.7. The van der Waals surface area contributed by atoms with Crippen molar-refractivity contribution in [2.75, 3.05) is 30.9 Å². The predicted molar refractivity (Wildman–Crippen MR) is 114 cm³/mol. The van der Waals surface area contributed by atoms with Crippen molar-refractivity contribution in [3.8, 4) is 17.6 Å². The highest BCUT2D eigenvalue weighted by Gasteiger charge is 2.24. The quantitative estimate of drug-likeness (QED) is 0.708. The summed E-state index contributed by atoms with van der Waals surface area (Å²) in [4.78, 5) is 13.6. The summed E-state index contributed by atoms with van der Waals surface area (Å²) in [6, 6.07) is 7.92. The maximum absolute atomic E-state index is 12.7. The summed E-state index contributed by atoms with van der Waals surface area (Å²) in [5, 5.41) is 12.6. The van der Waals surface area contributed by atoms with Gasteiger partial charge in [0.2, 0.25) is 5.91 Å². The summed E-state index contributed by atoms with van der Waals surface area (Å²) in [6.45, 7) is 6.37. The zero-order valence-corrected chi connectivity index (χ0v) is 18.0. The number of fused-ring (bicyclic) bond motifs is 1. The van der Waals surface area contributed by atoms with Gasteiger partial charge in [0.1, 0.15) is 25.1 Å². The molecule has 1 saturated heterocycles. The number of ether oxygens (including phenoxy) is 3. The summed E-state index contributed by atoms with van der Waals surface area (Å²) >= 11 is 1.42. The van der Waals surface area contributed by atoms with Crippen molar-refractivity contribution in [2.24, 2.45) is 0 Å². The monoisotopic (exact) mass is 427 g/mol. The lowest BCUT2D eigenvalue weighted by atomic mass is 10.2. The summed E-state index contributed by atoms with van der Waals surface area (Å²) < 4.78 is 18.9. The van der Waals surface area contributed by atoms with Crippen LogP contribution in [-0.4, -0.2) is 42.2 Å². The predicted octanol–water partition coefficient (Wildman–Crippen LogP) is 3.66. The molecule has 1 N–H and O–H groups in total. The SMILES string of the molecule is Cc1c(C#N)c(NC(=O)CSc2ccc3c(c2)OCCO3)n(CC2CCCO2)c1C. The molecule has 1 fully saturated rings. The number of carbonyl (C=O) groups is 1. The smallest absolute Gasteiger partial charge is 0.235 e. The van der Waals surface area contributed by atoms with Crippen LogP contribution in [0, 0.1) is 25.2 Å². The number of rotatable bonds is 6. The number of nitrogens with zero attached hydrogens (tertiary/aromatic N) is 2. The van der Waals surface area contributed by atoms with Crippen LogP contribution in [-0.2, 0) is 16.1 Å². The molecule has 1 atom stereocenters. The van der Waals surface area contributed by atoms with Crippen molar-refractivity contribution >= 4 is 23.5 Å². The Morgan fingerprint density at radius 2 is 2.07 bits per heavy atom. The molecular formula is C22H25N3O4S. The molecule has 0 spiro atoms. The number of hydrogen-bond acceptors (Lipinski definition) is 6. The first-order valence-corrected chi connectivity index (χ1v) is 11.1. The van der Waals surface area contributed by atoms with E-state index in [0.29, 0.717) is 36.9 Å². The van der Waals surface area contributed by atoms with Crippen LogP contribution < -0.4 is 14.8 Å². The van der Waals surface area contributed by atoms with Gasteiger partial charge in [-0.15, -0.1) is 11.8 Å². The van der Waals surface area contributed by atoms with Gasteiger partial charge in [0.25, 0.3) is 0 Å². The maximum Gasteiger partial charge on any atom is 0.235 e. The van der Waals surface area contributed by atoms with Crippen molar-refractivity contribution in [2.45, 2.75) is 44.2 Å². The van der Waals surface area contributed by atoms with E-state index < -0.39 is 0 Å². The number of anilines is 1. The van der Waals surface area contributed by atoms with Gasteiger partial charge < -0.3 is 24.1 Å². The number of carbonyl (C=O) groups excluding carboxylic acids is 1. The van der Waals surface area contributed by atoms with Crippen LogP contribution >= 0.6 is 11.8 Å². The molecule has 1 amide bonds. The second-order valence-corrected chi connectivity index (χ2v) is 8.48. The third kappa shape index (κ3) is 4.27. The van der Waals surface area contributed by atoms with Crippen molar-refractivity contribution in [3.05, 3.63) is 35.0 Å². The van der Waals surface area contributed by atoms with Gasteiger partial charge in [-0.3, -0.25) is 4.79 Å². The number of benzene rings is 1. The van der Waals surface area contributed by atoms with Crippen LogP contribution in [0.25, 0.3) is 0 Å². The van der Waals surface area contributed by atoms with E-state index in [1.807, 2.05) is 36.6 Å². The summed E-state index contributed by atoms with van der Waals surface area (Å²) in [6.07, 6.45) is 2.15. The minimum Gasteiger partial charge on any atom is -0.486 e. The zero-order chi connectivity index (χ0) is 21.1. The Kier molecular flexibility index (Phi) is 6.21. The first-order valence-electron chi connectivity index (χ1n) is 10.1. The standard InChI is InChI=1S/C22H25N3O4S/c1-14-15(2)25(12-16-4-3-7-27-16)22(18(14)11-23)24-21(26)13-30-17-5-6-19-20(10-17)29-9-8-28-19/h5-6,10,16H,3-4,7-9,12-13H2,1-2H3,(H,24,26). The molecule has 7 nitrogen and oxygen atoms in total. The van der Waals surface area contributed by atoms with Crippen LogP contribution in [0.15, 0.2) is 23.1 Å². The molecule has 30 heavy (non-hydrogen) atoms. The second kappa shape index (κ2) is 9.02. The van der Waals surface area contributed by atoms with Crippen molar-refractivity contribution in [3.63, 3.8) is 0 Å². The van der Waals surface area contributed by atoms with E-state index in [0.717, 1.165) is 41.4 Å². The topological polar surface area (TPSA) is 85.5 Å². The number of thioether (sulfide) groups is 1. The van der Waals surface area contributed by atoms with Gasteiger partial charge in [0.15, 0.2) is 11.5 Å². The van der Waals surface area contributed by atoms with Gasteiger partial charge in [-0.1, -0.05) is 0 Å². The third-order valence-corrected chi connectivity index (χ3v) is 6.49. The second-order valence-electron chi connectivity index (χ2n) is 7.43. The molecule has 3 heterocycles. The Labute approximate surface area is 180 Å². The number of nitrogens with one attached hydrogen (secondary N) is 1. The van der Waals surface area contributed by atoms with E-state index in [-0.39, 0.29) is 17.8 Å². The first-order chi connectivity index (χ1) is 14.6. The largest absolute Gasteiger partial charge is 0.486 e. The molecule has 158 valence electrons. The fourth-order valence-electron chi connectivity index (χ4n) is 3.78. The normalized spacial score (nSPS) is 17.6. The average Bonchev–Trinajstić information content (AvgIpc) is 3.35. The number of nitriles is 1. The van der Waals surface area contributed by atoms with Crippen LogP contribution in [0.5, 0.6) is 11.5 Å². The summed E-state index contributed by atoms with van der Waals surface area (Å²) in [5.41, 5.74) is 2.39. The van der Waals surface area contributed by atoms with E-state index in [1.54, 1.807) is 0 Å². The molecule has 8 heteroatoms. The molecule has 1 aromatic heterocycles. The van der Waals surface area contributed by atoms with E-state index in [9.17, 15) is 10.1 Å². The van der Waals surface area contributed by atoms with Gasteiger partial charge in [0, 0.05) is 17.2 Å². The molecule has 2 aromatic rings. The molecule has 1 unspecified atom stereocenters. The highest BCUT2D eigenvalue weighted by atomic mass is 32.2. The molecule has 4 rings (SSSR count). The fraction of sp³-hybridized carbons (Fsp3) is 0.455. The molecule has 1 aromatic carbocycles. The van der Waals surface area contributed by atoms with Gasteiger partial charge >= 0.3 is 0 Å². The molecule has 0 saturated carbocycles. The Morgan fingerprint density at radius 3 is 2.80 bits per heavy atom. The Bertz CT molecular complexity index is 989. The Balaban J connectivity index is 1.46. The van der Waals surface area contributed by atoms with E-state index in [2.05, 4.69) is 11.4 Å². The van der Waals surface area contributed by atoms with Gasteiger partial charge in [-0.2, -0.15) is 5.26 Å². The molecule has 0 radical (unpaired) electrons. The van der Waals surface area contributed by atoms with Crippen LogP contribution in [0.4, 0.5) is 5.82 Å². The number of hydrogen-bond donors (Lipinski definition) is 1. The van der Waals surface area contributed by atoms with E-state index in [1.165, 1.54) is 11.8 Å². The Morgan fingerprint density at radius 1 is 1.27 bits per heavy atom. The highest BCUT2D eigenvalue weighted by molar-refractivity contribution is 8.00. The van der Waals surface area contributed by atoms with Crippen molar-refractivity contribution in [1.82, 2.24) is 4.57 Å². The van der Waals surface area contributed by atoms with E-state index >= 15 is 0 Å². The minimum absolute atomic E-state index is 0.116. The summed E-state index contributed by atoms with van der Waals surface area (Å²) in [7, 11) is 0. The highest BCUT2D eigenvalue weighted by Crippen LogP contribution is 2.34. The lowest BCUT2D eigenvalue weighted by Crippen LogP contribution is -2.22. The van der Waals surface area contributed by atoms with E-state index in [4.69, 9.17) is 14.2 Å². The lowest BCUT2D eigenvalue weighted by Gasteiger charge is -2.19.